The van der Waals surface area contributed by atoms with Crippen LogP contribution in [0.3, 0.4) is 0 Å². The molecule has 1 fully saturated rings. The van der Waals surface area contributed by atoms with Gasteiger partial charge in [0.2, 0.25) is 0 Å². The quantitative estimate of drug-likeness (QED) is 0.449. The summed E-state index contributed by atoms with van der Waals surface area (Å²) in [5.74, 6) is -0.219. The summed E-state index contributed by atoms with van der Waals surface area (Å²) in [4.78, 5) is 15.1. The second-order valence-corrected chi connectivity index (χ2v) is 9.05. The first-order chi connectivity index (χ1) is 16.8. The molecule has 2 heterocycles. The minimum Gasteiger partial charge on any atom is -0.378 e. The fourth-order valence-corrected chi connectivity index (χ4v) is 4.71. The van der Waals surface area contributed by atoms with E-state index in [2.05, 4.69) is 5.10 Å². The molecule has 1 aliphatic carbocycles. The summed E-state index contributed by atoms with van der Waals surface area (Å²) in [7, 11) is 0. The molecule has 9 heteroatoms. The van der Waals surface area contributed by atoms with Gasteiger partial charge in [-0.25, -0.2) is 4.68 Å². The van der Waals surface area contributed by atoms with Crippen LogP contribution in [0.4, 0.5) is 13.2 Å². The van der Waals surface area contributed by atoms with Crippen LogP contribution in [-0.2, 0) is 17.3 Å². The molecule has 1 aliphatic heterocycles. The fourth-order valence-electron chi connectivity index (χ4n) is 4.58. The first-order valence-corrected chi connectivity index (χ1v) is 11.8. The first kappa shape index (κ1) is 23.6. The lowest BCUT2D eigenvalue weighted by Crippen LogP contribution is -2.41. The lowest BCUT2D eigenvalue weighted by Gasteiger charge is -2.26. The standard InChI is InChI=1S/C26H23ClF3N3O2/c27-20-9-7-17(8-10-20)15-18-3-1-6-22-23(25(34)32-11-13-35-14-12-32)31-33(24(18)22)21-5-2-4-19(16-21)26(28,29)30/h2,4-5,7-10,15-16H,1,3,6,11-14H2/b18-15-. The SMILES string of the molecule is O=C(c1nn(-c2cccc(C(F)(F)F)c2)c2c1CCC/C2=C/c1ccc(Cl)cc1)N1CCOCC1. The van der Waals surface area contributed by atoms with E-state index in [-0.39, 0.29) is 11.6 Å². The van der Waals surface area contributed by atoms with Crippen LogP contribution in [0.1, 0.15) is 45.7 Å². The highest BCUT2D eigenvalue weighted by molar-refractivity contribution is 6.30. The van der Waals surface area contributed by atoms with E-state index >= 15 is 0 Å². The van der Waals surface area contributed by atoms with E-state index in [0.717, 1.165) is 35.3 Å². The van der Waals surface area contributed by atoms with Gasteiger partial charge in [0.1, 0.15) is 0 Å². The molecule has 0 unspecified atom stereocenters. The van der Waals surface area contributed by atoms with Crippen molar-refractivity contribution in [3.8, 4) is 5.69 Å². The molecule has 0 saturated carbocycles. The number of amides is 1. The largest absolute Gasteiger partial charge is 0.416 e. The Balaban J connectivity index is 1.67. The third-order valence-electron chi connectivity index (χ3n) is 6.29. The Morgan fingerprint density at radius 1 is 1.06 bits per heavy atom. The Kier molecular flexibility index (Phi) is 6.42. The number of morpholine rings is 1. The van der Waals surface area contributed by atoms with Crippen molar-refractivity contribution in [2.45, 2.75) is 25.4 Å². The van der Waals surface area contributed by atoms with Crippen LogP contribution < -0.4 is 0 Å². The number of fused-ring (bicyclic) bond motifs is 1. The van der Waals surface area contributed by atoms with Crippen LogP contribution in [0.2, 0.25) is 5.02 Å². The highest BCUT2D eigenvalue weighted by atomic mass is 35.5. The van der Waals surface area contributed by atoms with Crippen molar-refractivity contribution in [2.24, 2.45) is 0 Å². The summed E-state index contributed by atoms with van der Waals surface area (Å²) < 4.78 is 47.3. The number of ether oxygens (including phenoxy) is 1. The molecule has 3 aromatic rings. The van der Waals surface area contributed by atoms with Crippen molar-refractivity contribution >= 4 is 29.2 Å². The maximum absolute atomic E-state index is 13.5. The number of hydrogen-bond acceptors (Lipinski definition) is 3. The molecule has 0 N–H and O–H groups in total. The average molecular weight is 502 g/mol. The van der Waals surface area contributed by atoms with Crippen LogP contribution in [0, 0.1) is 0 Å². The summed E-state index contributed by atoms with van der Waals surface area (Å²) in [5.41, 5.74) is 3.07. The summed E-state index contributed by atoms with van der Waals surface area (Å²) in [5, 5.41) is 5.24. The molecule has 5 nitrogen and oxygen atoms in total. The molecule has 1 saturated heterocycles. The highest BCUT2D eigenvalue weighted by Gasteiger charge is 2.33. The molecular formula is C26H23ClF3N3O2. The summed E-state index contributed by atoms with van der Waals surface area (Å²) in [6.45, 7) is 1.81. The van der Waals surface area contributed by atoms with E-state index in [4.69, 9.17) is 16.3 Å². The molecule has 0 spiro atoms. The van der Waals surface area contributed by atoms with Crippen LogP contribution in [0.15, 0.2) is 48.5 Å². The van der Waals surface area contributed by atoms with Gasteiger partial charge in [0.05, 0.1) is 30.2 Å². The third-order valence-corrected chi connectivity index (χ3v) is 6.54. The maximum Gasteiger partial charge on any atom is 0.416 e. The van der Waals surface area contributed by atoms with Crippen LogP contribution in [-0.4, -0.2) is 46.9 Å². The van der Waals surface area contributed by atoms with Gasteiger partial charge in [0, 0.05) is 23.7 Å². The van der Waals surface area contributed by atoms with Crippen molar-refractivity contribution < 1.29 is 22.7 Å². The monoisotopic (exact) mass is 501 g/mol. The van der Waals surface area contributed by atoms with Gasteiger partial charge in [-0.1, -0.05) is 29.8 Å². The number of rotatable bonds is 3. The molecule has 0 atom stereocenters. The Morgan fingerprint density at radius 2 is 1.80 bits per heavy atom. The topological polar surface area (TPSA) is 47.4 Å². The molecule has 0 bridgehead atoms. The third kappa shape index (κ3) is 4.86. The fraction of sp³-hybridized carbons (Fsp3) is 0.308. The van der Waals surface area contributed by atoms with Crippen LogP contribution in [0.5, 0.6) is 0 Å². The normalized spacial score (nSPS) is 17.5. The molecule has 1 aromatic heterocycles. The zero-order valence-electron chi connectivity index (χ0n) is 18.8. The summed E-state index contributed by atoms with van der Waals surface area (Å²) in [6.07, 6.45) is -0.353. The predicted octanol–water partition coefficient (Wildman–Crippen LogP) is 5.89. The number of carbonyl (C=O) groups is 1. The number of allylic oxidation sites excluding steroid dienone is 1. The van der Waals surface area contributed by atoms with Gasteiger partial charge in [-0.2, -0.15) is 18.3 Å². The second kappa shape index (κ2) is 9.51. The van der Waals surface area contributed by atoms with E-state index in [1.165, 1.54) is 10.7 Å². The van der Waals surface area contributed by atoms with Crippen LogP contribution >= 0.6 is 11.6 Å². The molecule has 182 valence electrons. The lowest BCUT2D eigenvalue weighted by atomic mass is 9.89. The number of carbonyl (C=O) groups excluding carboxylic acids is 1. The predicted molar refractivity (Wildman–Crippen MR) is 128 cm³/mol. The summed E-state index contributed by atoms with van der Waals surface area (Å²) >= 11 is 6.03. The van der Waals surface area contributed by atoms with Gasteiger partial charge < -0.3 is 9.64 Å². The Labute approximate surface area is 205 Å². The van der Waals surface area contributed by atoms with Crippen molar-refractivity contribution in [1.82, 2.24) is 14.7 Å². The molecule has 2 aromatic carbocycles. The Bertz CT molecular complexity index is 1280. The van der Waals surface area contributed by atoms with Crippen molar-refractivity contribution in [1.29, 1.82) is 0 Å². The smallest absolute Gasteiger partial charge is 0.378 e. The molecule has 1 amide bonds. The number of hydrogen-bond donors (Lipinski definition) is 0. The van der Waals surface area contributed by atoms with Crippen LogP contribution in [0.25, 0.3) is 17.3 Å². The van der Waals surface area contributed by atoms with E-state index in [0.29, 0.717) is 55.6 Å². The average Bonchev–Trinajstić information content (AvgIpc) is 3.26. The number of alkyl halides is 3. The van der Waals surface area contributed by atoms with Crippen molar-refractivity contribution in [3.63, 3.8) is 0 Å². The van der Waals surface area contributed by atoms with Gasteiger partial charge >= 0.3 is 6.18 Å². The minimum atomic E-state index is -4.49. The summed E-state index contributed by atoms with van der Waals surface area (Å²) in [6, 6.07) is 12.4. The highest BCUT2D eigenvalue weighted by Crippen LogP contribution is 2.37. The molecule has 5 rings (SSSR count). The minimum absolute atomic E-state index is 0.219. The van der Waals surface area contributed by atoms with E-state index in [1.54, 1.807) is 23.1 Å². The van der Waals surface area contributed by atoms with Gasteiger partial charge in [-0.05, 0) is 66.8 Å². The van der Waals surface area contributed by atoms with E-state index in [9.17, 15) is 18.0 Å². The number of halogens is 4. The number of benzene rings is 2. The maximum atomic E-state index is 13.5. The Morgan fingerprint density at radius 3 is 2.51 bits per heavy atom. The van der Waals surface area contributed by atoms with Gasteiger partial charge in [0.25, 0.3) is 5.91 Å². The molecule has 35 heavy (non-hydrogen) atoms. The van der Waals surface area contributed by atoms with Gasteiger partial charge in [0.15, 0.2) is 5.69 Å². The van der Waals surface area contributed by atoms with Gasteiger partial charge in [-0.3, -0.25) is 4.79 Å². The van der Waals surface area contributed by atoms with E-state index < -0.39 is 11.7 Å². The Hall–Kier alpha value is -3.10. The molecule has 0 radical (unpaired) electrons. The van der Waals surface area contributed by atoms with Gasteiger partial charge in [-0.15, -0.1) is 0 Å². The van der Waals surface area contributed by atoms with E-state index in [1.807, 2.05) is 18.2 Å². The number of aromatic nitrogens is 2. The zero-order valence-corrected chi connectivity index (χ0v) is 19.6. The number of nitrogens with zero attached hydrogens (tertiary/aromatic N) is 3. The zero-order chi connectivity index (χ0) is 24.6. The van der Waals surface area contributed by atoms with Crippen molar-refractivity contribution in [2.75, 3.05) is 26.3 Å². The molecular weight excluding hydrogens is 479 g/mol. The lowest BCUT2D eigenvalue weighted by molar-refractivity contribution is -0.137. The second-order valence-electron chi connectivity index (χ2n) is 8.61. The first-order valence-electron chi connectivity index (χ1n) is 11.4. The molecule has 2 aliphatic rings. The van der Waals surface area contributed by atoms with Crippen molar-refractivity contribution in [3.05, 3.63) is 81.6 Å².